The Bertz CT molecular complexity index is 822. The van der Waals surface area contributed by atoms with Gasteiger partial charge in [0.15, 0.2) is 0 Å². The molecule has 3 nitrogen and oxygen atoms in total. The monoisotopic (exact) mass is 325 g/mol. The molecule has 4 rings (SSSR count). The number of benzene rings is 1. The van der Waals surface area contributed by atoms with Crippen LogP contribution in [0.2, 0.25) is 0 Å². The minimum Gasteiger partial charge on any atom is -0.423 e. The molecule has 0 radical (unpaired) electrons. The maximum atomic E-state index is 11.9. The number of fused-ring (bicyclic) bond motifs is 3. The molecule has 4 unspecified atom stereocenters. The molecular weight excluding hydrogens is 298 g/mol. The fraction of sp³-hybridized carbons (Fsp3) is 0.571. The van der Waals surface area contributed by atoms with Crippen LogP contribution in [0.4, 0.5) is 0 Å². The Hall–Kier alpha value is -1.61. The van der Waals surface area contributed by atoms with Crippen molar-refractivity contribution >= 4 is 11.0 Å². The molecule has 1 aromatic heterocycles. The van der Waals surface area contributed by atoms with E-state index in [1.807, 2.05) is 6.07 Å². The molecule has 2 aliphatic carbocycles. The topological polar surface area (TPSA) is 42.2 Å². The van der Waals surface area contributed by atoms with Gasteiger partial charge < -0.3 is 9.73 Å². The Balaban J connectivity index is 1.56. The SMILES string of the molecule is Cc1cc2oc(=O)cc(CNC(C)C3CC4CCC3C4)c2cc1C. The standard InChI is InChI=1S/C21H27NO2/c1-12-6-19-17(10-21(23)24-20(19)7-13(12)2)11-22-14(3)18-9-15-4-5-16(18)8-15/h6-7,10,14-16,18,22H,4-5,8-9,11H2,1-3H3. The first-order valence-corrected chi connectivity index (χ1v) is 9.28. The van der Waals surface area contributed by atoms with Gasteiger partial charge in [-0.05, 0) is 86.6 Å². The molecule has 128 valence electrons. The van der Waals surface area contributed by atoms with Crippen LogP contribution in [0.15, 0.2) is 27.4 Å². The smallest absolute Gasteiger partial charge is 0.336 e. The van der Waals surface area contributed by atoms with Gasteiger partial charge in [0.05, 0.1) is 0 Å². The number of rotatable bonds is 4. The lowest BCUT2D eigenvalue weighted by atomic mass is 9.84. The minimum absolute atomic E-state index is 0.255. The molecule has 2 fully saturated rings. The number of aryl methyl sites for hydroxylation is 2. The largest absolute Gasteiger partial charge is 0.423 e. The van der Waals surface area contributed by atoms with Gasteiger partial charge in [-0.25, -0.2) is 4.79 Å². The summed E-state index contributed by atoms with van der Waals surface area (Å²) in [5, 5.41) is 4.76. The molecule has 1 N–H and O–H groups in total. The van der Waals surface area contributed by atoms with Crippen molar-refractivity contribution in [1.29, 1.82) is 0 Å². The summed E-state index contributed by atoms with van der Waals surface area (Å²) in [6.45, 7) is 7.21. The quantitative estimate of drug-likeness (QED) is 0.851. The van der Waals surface area contributed by atoms with Gasteiger partial charge >= 0.3 is 5.63 Å². The predicted molar refractivity (Wildman–Crippen MR) is 97.2 cm³/mol. The van der Waals surface area contributed by atoms with Crippen molar-refractivity contribution in [1.82, 2.24) is 5.32 Å². The lowest BCUT2D eigenvalue weighted by Crippen LogP contribution is -2.36. The summed E-state index contributed by atoms with van der Waals surface area (Å²) in [4.78, 5) is 11.9. The van der Waals surface area contributed by atoms with Crippen LogP contribution < -0.4 is 10.9 Å². The highest BCUT2D eigenvalue weighted by Gasteiger charge is 2.41. The number of hydrogen-bond acceptors (Lipinski definition) is 3. The van der Waals surface area contributed by atoms with E-state index < -0.39 is 0 Å². The maximum Gasteiger partial charge on any atom is 0.336 e. The van der Waals surface area contributed by atoms with Crippen LogP contribution in [0.1, 0.15) is 49.3 Å². The van der Waals surface area contributed by atoms with Crippen molar-refractivity contribution in [2.75, 3.05) is 0 Å². The van der Waals surface area contributed by atoms with E-state index in [0.717, 1.165) is 40.8 Å². The highest BCUT2D eigenvalue weighted by atomic mass is 16.4. The minimum atomic E-state index is -0.255. The molecule has 0 spiro atoms. The normalized spacial score (nSPS) is 27.0. The molecule has 0 saturated heterocycles. The first-order chi connectivity index (χ1) is 11.5. The second kappa shape index (κ2) is 6.03. The van der Waals surface area contributed by atoms with Crippen molar-refractivity contribution in [2.45, 2.75) is 59.0 Å². The van der Waals surface area contributed by atoms with Crippen molar-refractivity contribution in [2.24, 2.45) is 17.8 Å². The van der Waals surface area contributed by atoms with Gasteiger partial charge in [-0.15, -0.1) is 0 Å². The zero-order chi connectivity index (χ0) is 16.8. The predicted octanol–water partition coefficient (Wildman–Crippen LogP) is 4.32. The van der Waals surface area contributed by atoms with Crippen molar-refractivity contribution in [3.05, 3.63) is 45.3 Å². The third-order valence-electron chi connectivity index (χ3n) is 6.49. The Labute approximate surface area is 143 Å². The third kappa shape index (κ3) is 2.79. The summed E-state index contributed by atoms with van der Waals surface area (Å²) in [7, 11) is 0. The highest BCUT2D eigenvalue weighted by Crippen LogP contribution is 2.49. The summed E-state index contributed by atoms with van der Waals surface area (Å²) >= 11 is 0. The van der Waals surface area contributed by atoms with Gasteiger partial charge in [-0.3, -0.25) is 0 Å². The summed E-state index contributed by atoms with van der Waals surface area (Å²) in [5.74, 6) is 2.69. The van der Waals surface area contributed by atoms with Crippen molar-refractivity contribution < 1.29 is 4.42 Å². The van der Waals surface area contributed by atoms with Gasteiger partial charge in [0.1, 0.15) is 5.58 Å². The second-order valence-electron chi connectivity index (χ2n) is 8.03. The van der Waals surface area contributed by atoms with Crippen LogP contribution >= 0.6 is 0 Å². The summed E-state index contributed by atoms with van der Waals surface area (Å²) in [5.41, 5.74) is 3.90. The number of hydrogen-bond donors (Lipinski definition) is 1. The second-order valence-corrected chi connectivity index (χ2v) is 8.03. The van der Waals surface area contributed by atoms with Gasteiger partial charge in [0.2, 0.25) is 0 Å². The Morgan fingerprint density at radius 2 is 1.96 bits per heavy atom. The fourth-order valence-corrected chi connectivity index (χ4v) is 4.96. The first-order valence-electron chi connectivity index (χ1n) is 9.28. The average molecular weight is 325 g/mol. The summed E-state index contributed by atoms with van der Waals surface area (Å²) in [6, 6.07) is 6.29. The van der Waals surface area contributed by atoms with Crippen molar-refractivity contribution in [3.8, 4) is 0 Å². The summed E-state index contributed by atoms with van der Waals surface area (Å²) in [6.07, 6.45) is 5.68. The first kappa shape index (κ1) is 15.9. The highest BCUT2D eigenvalue weighted by molar-refractivity contribution is 5.81. The maximum absolute atomic E-state index is 11.9. The van der Waals surface area contributed by atoms with E-state index in [1.54, 1.807) is 6.07 Å². The molecular formula is C21H27NO2. The van der Waals surface area contributed by atoms with Gasteiger partial charge in [-0.1, -0.05) is 6.42 Å². The molecule has 1 heterocycles. The van der Waals surface area contributed by atoms with Crippen LogP contribution in [-0.2, 0) is 6.54 Å². The fourth-order valence-electron chi connectivity index (χ4n) is 4.96. The molecule has 2 bridgehead atoms. The van der Waals surface area contributed by atoms with Crippen molar-refractivity contribution in [3.63, 3.8) is 0 Å². The van der Waals surface area contributed by atoms with Crippen LogP contribution in [0.5, 0.6) is 0 Å². The van der Waals surface area contributed by atoms with E-state index in [-0.39, 0.29) is 5.63 Å². The van der Waals surface area contributed by atoms with Crippen LogP contribution in [0.3, 0.4) is 0 Å². The van der Waals surface area contributed by atoms with E-state index in [1.165, 1.54) is 31.2 Å². The van der Waals surface area contributed by atoms with Gasteiger partial charge in [0.25, 0.3) is 0 Å². The van der Waals surface area contributed by atoms with Crippen LogP contribution in [0, 0.1) is 31.6 Å². The molecule has 1 aromatic carbocycles. The van der Waals surface area contributed by atoms with E-state index in [9.17, 15) is 4.79 Å². The summed E-state index contributed by atoms with van der Waals surface area (Å²) < 4.78 is 5.40. The lowest BCUT2D eigenvalue weighted by molar-refractivity contribution is 0.259. The molecule has 2 aliphatic rings. The third-order valence-corrected chi connectivity index (χ3v) is 6.49. The number of nitrogens with one attached hydrogen (secondary N) is 1. The Morgan fingerprint density at radius 1 is 1.17 bits per heavy atom. The van der Waals surface area contributed by atoms with E-state index >= 15 is 0 Å². The molecule has 0 amide bonds. The molecule has 4 atom stereocenters. The zero-order valence-corrected chi connectivity index (χ0v) is 14.9. The van der Waals surface area contributed by atoms with Gasteiger partial charge in [0, 0.05) is 24.0 Å². The van der Waals surface area contributed by atoms with Crippen LogP contribution in [-0.4, -0.2) is 6.04 Å². The molecule has 2 aromatic rings. The Morgan fingerprint density at radius 3 is 2.67 bits per heavy atom. The molecule has 0 aliphatic heterocycles. The van der Waals surface area contributed by atoms with E-state index in [4.69, 9.17) is 4.42 Å². The lowest BCUT2D eigenvalue weighted by Gasteiger charge is -2.28. The van der Waals surface area contributed by atoms with E-state index in [2.05, 4.69) is 32.2 Å². The molecule has 3 heteroatoms. The van der Waals surface area contributed by atoms with E-state index in [0.29, 0.717) is 11.6 Å². The molecule has 2 saturated carbocycles. The van der Waals surface area contributed by atoms with Crippen LogP contribution in [0.25, 0.3) is 11.0 Å². The zero-order valence-electron chi connectivity index (χ0n) is 14.9. The Kier molecular flexibility index (Phi) is 4.00. The molecule has 24 heavy (non-hydrogen) atoms. The van der Waals surface area contributed by atoms with Gasteiger partial charge in [-0.2, -0.15) is 0 Å². The average Bonchev–Trinajstić information content (AvgIpc) is 3.17.